The predicted molar refractivity (Wildman–Crippen MR) is 65.8 cm³/mol. The number of rotatable bonds is 2. The molecule has 1 aromatic heterocycles. The number of hydrogen-bond acceptors (Lipinski definition) is 3. The summed E-state index contributed by atoms with van der Waals surface area (Å²) < 4.78 is 77.9. The van der Waals surface area contributed by atoms with Crippen molar-refractivity contribution in [1.82, 2.24) is 4.98 Å². The minimum absolute atomic E-state index is 0.0695. The summed E-state index contributed by atoms with van der Waals surface area (Å²) in [6.07, 6.45) is -8.41. The van der Waals surface area contributed by atoms with E-state index in [1.54, 1.807) is 0 Å². The second kappa shape index (κ2) is 5.39. The van der Waals surface area contributed by atoms with Crippen molar-refractivity contribution < 1.29 is 31.1 Å². The van der Waals surface area contributed by atoms with Crippen LogP contribution in [0.4, 0.5) is 32.2 Å². The fourth-order valence-electron chi connectivity index (χ4n) is 1.71. The average Bonchev–Trinajstić information content (AvgIpc) is 2.37. The van der Waals surface area contributed by atoms with Gasteiger partial charge >= 0.3 is 12.5 Å². The van der Waals surface area contributed by atoms with E-state index in [0.29, 0.717) is 0 Å². The number of nitrogens with zero attached hydrogens (tertiary/aromatic N) is 1. The molecule has 0 spiro atoms. The molecule has 118 valence electrons. The second-order valence-electron chi connectivity index (χ2n) is 4.23. The molecule has 0 aliphatic heterocycles. The summed E-state index contributed by atoms with van der Waals surface area (Å²) in [6, 6.07) is 5.14. The molecule has 1 heterocycles. The van der Waals surface area contributed by atoms with Crippen LogP contribution in [0, 0.1) is 0 Å². The zero-order valence-corrected chi connectivity index (χ0v) is 10.7. The fraction of sp³-hybridized carbons (Fsp3) is 0.154. The number of aromatic nitrogens is 1. The molecule has 0 saturated carbocycles. The van der Waals surface area contributed by atoms with Crippen molar-refractivity contribution in [3.05, 3.63) is 42.1 Å². The van der Waals surface area contributed by atoms with Gasteiger partial charge < -0.3 is 10.5 Å². The van der Waals surface area contributed by atoms with E-state index in [2.05, 4.69) is 9.72 Å². The predicted octanol–water partition coefficient (Wildman–Crippen LogP) is 4.25. The molecule has 2 rings (SSSR count). The number of halogens is 6. The number of ether oxygens (including phenoxy) is 1. The molecule has 0 amide bonds. The van der Waals surface area contributed by atoms with Crippen molar-refractivity contribution in [2.24, 2.45) is 0 Å². The summed E-state index contributed by atoms with van der Waals surface area (Å²) in [4.78, 5) is 3.45. The maximum absolute atomic E-state index is 12.7. The van der Waals surface area contributed by atoms with Crippen LogP contribution in [0.25, 0.3) is 11.1 Å². The van der Waals surface area contributed by atoms with E-state index < -0.39 is 29.7 Å². The Kier molecular flexibility index (Phi) is 3.90. The van der Waals surface area contributed by atoms with Gasteiger partial charge in [-0.15, -0.1) is 13.2 Å². The number of alkyl halides is 6. The normalized spacial score (nSPS) is 12.3. The Balaban J connectivity index is 2.33. The van der Waals surface area contributed by atoms with Crippen LogP contribution in [0.1, 0.15) is 5.56 Å². The van der Waals surface area contributed by atoms with Crippen molar-refractivity contribution in [1.29, 1.82) is 0 Å². The topological polar surface area (TPSA) is 48.1 Å². The van der Waals surface area contributed by atoms with Crippen molar-refractivity contribution >= 4 is 5.82 Å². The minimum Gasteiger partial charge on any atom is -0.406 e. The van der Waals surface area contributed by atoms with E-state index in [1.807, 2.05) is 0 Å². The van der Waals surface area contributed by atoms with E-state index >= 15 is 0 Å². The highest BCUT2D eigenvalue weighted by Crippen LogP contribution is 2.35. The summed E-state index contributed by atoms with van der Waals surface area (Å²) in [5.41, 5.74) is 4.37. The van der Waals surface area contributed by atoms with Crippen LogP contribution in [0.2, 0.25) is 0 Å². The van der Waals surface area contributed by atoms with Gasteiger partial charge in [-0.3, -0.25) is 0 Å². The molecule has 0 aliphatic carbocycles. The van der Waals surface area contributed by atoms with E-state index in [4.69, 9.17) is 5.73 Å². The molecular weight excluding hydrogens is 314 g/mol. The summed E-state index contributed by atoms with van der Waals surface area (Å²) in [6.45, 7) is 0. The quantitative estimate of drug-likeness (QED) is 0.841. The van der Waals surface area contributed by atoms with Crippen LogP contribution >= 0.6 is 0 Å². The number of benzene rings is 1. The van der Waals surface area contributed by atoms with E-state index in [-0.39, 0.29) is 11.1 Å². The molecule has 1 aromatic carbocycles. The monoisotopic (exact) mass is 322 g/mol. The molecule has 0 atom stereocenters. The fourth-order valence-corrected chi connectivity index (χ4v) is 1.71. The zero-order valence-electron chi connectivity index (χ0n) is 10.7. The Morgan fingerprint density at radius 2 is 1.50 bits per heavy atom. The average molecular weight is 322 g/mol. The number of anilines is 1. The smallest absolute Gasteiger partial charge is 0.406 e. The molecule has 2 N–H and O–H groups in total. The van der Waals surface area contributed by atoms with Crippen LogP contribution in [-0.2, 0) is 6.18 Å². The molecule has 22 heavy (non-hydrogen) atoms. The van der Waals surface area contributed by atoms with Crippen molar-refractivity contribution in [3.63, 3.8) is 0 Å². The van der Waals surface area contributed by atoms with Gasteiger partial charge in [-0.1, -0.05) is 12.1 Å². The molecule has 0 saturated heterocycles. The number of pyridine rings is 1. The first-order valence-corrected chi connectivity index (χ1v) is 5.75. The molecule has 0 fully saturated rings. The summed E-state index contributed by atoms with van der Waals surface area (Å²) >= 11 is 0. The van der Waals surface area contributed by atoms with Gasteiger partial charge in [0.2, 0.25) is 0 Å². The van der Waals surface area contributed by atoms with Crippen molar-refractivity contribution in [3.8, 4) is 16.9 Å². The third-order valence-corrected chi connectivity index (χ3v) is 2.65. The lowest BCUT2D eigenvalue weighted by Gasteiger charge is -2.12. The third kappa shape index (κ3) is 3.80. The standard InChI is InChI=1S/C13H8F6N2O/c14-12(15,16)10-5-8(6-21-11(10)20)7-1-3-9(4-2-7)22-13(17,18)19/h1-6H,(H2,20,21). The summed E-state index contributed by atoms with van der Waals surface area (Å²) in [5, 5.41) is 0. The Morgan fingerprint density at radius 3 is 2.00 bits per heavy atom. The Labute approximate surface area is 120 Å². The summed E-state index contributed by atoms with van der Waals surface area (Å²) in [7, 11) is 0. The highest BCUT2D eigenvalue weighted by atomic mass is 19.4. The first kappa shape index (κ1) is 15.9. The van der Waals surface area contributed by atoms with Gasteiger partial charge in [-0.25, -0.2) is 4.98 Å². The molecule has 0 bridgehead atoms. The minimum atomic E-state index is -4.84. The first-order valence-electron chi connectivity index (χ1n) is 5.75. The highest BCUT2D eigenvalue weighted by Gasteiger charge is 2.34. The number of nitrogens with two attached hydrogens (primary N) is 1. The molecule has 0 unspecified atom stereocenters. The van der Waals surface area contributed by atoms with Gasteiger partial charge in [-0.2, -0.15) is 13.2 Å². The lowest BCUT2D eigenvalue weighted by atomic mass is 10.1. The van der Waals surface area contributed by atoms with Crippen LogP contribution < -0.4 is 10.5 Å². The SMILES string of the molecule is Nc1ncc(-c2ccc(OC(F)(F)F)cc2)cc1C(F)(F)F. The number of nitrogen functional groups attached to an aromatic ring is 1. The third-order valence-electron chi connectivity index (χ3n) is 2.65. The Morgan fingerprint density at radius 1 is 0.909 bits per heavy atom. The maximum atomic E-state index is 12.7. The lowest BCUT2D eigenvalue weighted by molar-refractivity contribution is -0.274. The Bertz CT molecular complexity index is 664. The lowest BCUT2D eigenvalue weighted by Crippen LogP contribution is -2.16. The van der Waals surface area contributed by atoms with Crippen LogP contribution in [0.3, 0.4) is 0 Å². The van der Waals surface area contributed by atoms with E-state index in [1.165, 1.54) is 12.1 Å². The molecule has 0 aliphatic rings. The van der Waals surface area contributed by atoms with Gasteiger partial charge in [0.25, 0.3) is 0 Å². The van der Waals surface area contributed by atoms with Gasteiger partial charge in [0.15, 0.2) is 0 Å². The molecule has 2 aromatic rings. The van der Waals surface area contributed by atoms with Crippen molar-refractivity contribution in [2.45, 2.75) is 12.5 Å². The molecular formula is C13H8F6N2O. The highest BCUT2D eigenvalue weighted by molar-refractivity contribution is 5.66. The van der Waals surface area contributed by atoms with Gasteiger partial charge in [-0.05, 0) is 23.8 Å². The largest absolute Gasteiger partial charge is 0.573 e. The maximum Gasteiger partial charge on any atom is 0.573 e. The van der Waals surface area contributed by atoms with Crippen molar-refractivity contribution in [2.75, 3.05) is 5.73 Å². The van der Waals surface area contributed by atoms with Gasteiger partial charge in [0.05, 0.1) is 5.56 Å². The van der Waals surface area contributed by atoms with Crippen LogP contribution in [0.5, 0.6) is 5.75 Å². The molecule has 3 nitrogen and oxygen atoms in total. The second-order valence-corrected chi connectivity index (χ2v) is 4.23. The van der Waals surface area contributed by atoms with E-state index in [0.717, 1.165) is 24.4 Å². The van der Waals surface area contributed by atoms with Crippen LogP contribution in [0.15, 0.2) is 36.5 Å². The zero-order chi connectivity index (χ0) is 16.5. The Hall–Kier alpha value is -2.45. The van der Waals surface area contributed by atoms with E-state index in [9.17, 15) is 26.3 Å². The molecule has 0 radical (unpaired) electrons. The van der Waals surface area contributed by atoms with Gasteiger partial charge in [0.1, 0.15) is 11.6 Å². The van der Waals surface area contributed by atoms with Crippen LogP contribution in [-0.4, -0.2) is 11.3 Å². The summed E-state index contributed by atoms with van der Waals surface area (Å²) in [5.74, 6) is -1.15. The first-order chi connectivity index (χ1) is 10.1. The number of hydrogen-bond donors (Lipinski definition) is 1. The molecule has 9 heteroatoms. The van der Waals surface area contributed by atoms with Gasteiger partial charge in [0, 0.05) is 11.8 Å².